The number of nitrogens with zero attached hydrogens (tertiary/aromatic N) is 3. The highest BCUT2D eigenvalue weighted by molar-refractivity contribution is 6.31. The number of hydrogen-bond acceptors (Lipinski definition) is 5. The number of amides is 1. The number of ether oxygens (including phenoxy) is 3. The van der Waals surface area contributed by atoms with E-state index in [4.69, 9.17) is 42.5 Å². The molecule has 2 aliphatic rings. The SMILES string of the molecule is COCCOCc1cc(Cl)ccc1C1c2c(nn(C3=CCCC=C3OC)c2C(C)C)C(=O)N1c1cccc(Cl)c1F. The first-order chi connectivity index (χ1) is 19.8. The van der Waals surface area contributed by atoms with E-state index in [-0.39, 0.29) is 28.9 Å². The summed E-state index contributed by atoms with van der Waals surface area (Å²) in [6, 6.07) is 9.37. The zero-order valence-electron chi connectivity index (χ0n) is 23.4. The van der Waals surface area contributed by atoms with E-state index in [1.165, 1.54) is 11.0 Å². The van der Waals surface area contributed by atoms with Gasteiger partial charge in [-0.05, 0) is 60.2 Å². The molecule has 1 aliphatic carbocycles. The van der Waals surface area contributed by atoms with Crippen LogP contribution in [0.3, 0.4) is 0 Å². The summed E-state index contributed by atoms with van der Waals surface area (Å²) in [5, 5.41) is 5.30. The first-order valence-electron chi connectivity index (χ1n) is 13.5. The average Bonchev–Trinajstić information content (AvgIpc) is 3.48. The van der Waals surface area contributed by atoms with E-state index in [1.54, 1.807) is 32.4 Å². The molecule has 0 N–H and O–H groups in total. The minimum absolute atomic E-state index is 0.0413. The Hall–Kier alpha value is -3.17. The highest BCUT2D eigenvalue weighted by Crippen LogP contribution is 2.48. The van der Waals surface area contributed by atoms with Crippen LogP contribution in [0, 0.1) is 5.82 Å². The summed E-state index contributed by atoms with van der Waals surface area (Å²) in [6.07, 6.45) is 5.76. The molecule has 1 aliphatic heterocycles. The van der Waals surface area contributed by atoms with Gasteiger partial charge in [0.25, 0.3) is 5.91 Å². The molecular formula is C31H32Cl2FN3O4. The number of halogens is 3. The van der Waals surface area contributed by atoms with Crippen LogP contribution in [0.5, 0.6) is 0 Å². The summed E-state index contributed by atoms with van der Waals surface area (Å²) < 4.78 is 34.1. The molecule has 1 amide bonds. The number of aromatic nitrogens is 2. The number of anilines is 1. The summed E-state index contributed by atoms with van der Waals surface area (Å²) in [6.45, 7) is 5.12. The van der Waals surface area contributed by atoms with E-state index in [0.29, 0.717) is 29.6 Å². The molecule has 1 aromatic heterocycles. The van der Waals surface area contributed by atoms with Crippen LogP contribution in [-0.4, -0.2) is 43.1 Å². The van der Waals surface area contributed by atoms with Gasteiger partial charge in [-0.2, -0.15) is 5.10 Å². The lowest BCUT2D eigenvalue weighted by Gasteiger charge is -2.30. The molecule has 0 saturated heterocycles. The average molecular weight is 601 g/mol. The monoisotopic (exact) mass is 599 g/mol. The van der Waals surface area contributed by atoms with Crippen LogP contribution in [-0.2, 0) is 20.8 Å². The quantitative estimate of drug-likeness (QED) is 0.225. The van der Waals surface area contributed by atoms with E-state index in [1.807, 2.05) is 36.7 Å². The lowest BCUT2D eigenvalue weighted by atomic mass is 9.91. The van der Waals surface area contributed by atoms with Crippen molar-refractivity contribution in [3.05, 3.63) is 98.3 Å². The molecule has 1 unspecified atom stereocenters. The van der Waals surface area contributed by atoms with Crippen molar-refractivity contribution in [3.63, 3.8) is 0 Å². The van der Waals surface area contributed by atoms with Gasteiger partial charge in [0.1, 0.15) is 11.5 Å². The molecule has 10 heteroatoms. The van der Waals surface area contributed by atoms with Crippen LogP contribution < -0.4 is 4.90 Å². The van der Waals surface area contributed by atoms with Crippen LogP contribution in [0.15, 0.2) is 54.3 Å². The molecule has 2 aromatic carbocycles. The van der Waals surface area contributed by atoms with E-state index in [2.05, 4.69) is 6.08 Å². The second-order valence-corrected chi connectivity index (χ2v) is 11.0. The maximum atomic E-state index is 15.6. The molecule has 7 nitrogen and oxygen atoms in total. The van der Waals surface area contributed by atoms with Crippen molar-refractivity contribution < 1.29 is 23.4 Å². The normalized spacial score (nSPS) is 16.7. The first kappa shape index (κ1) is 29.3. The number of methoxy groups -OCH3 is 2. The molecule has 0 fully saturated rings. The van der Waals surface area contributed by atoms with Gasteiger partial charge in [-0.25, -0.2) is 9.07 Å². The van der Waals surface area contributed by atoms with Gasteiger partial charge in [-0.15, -0.1) is 0 Å². The number of carbonyl (C=O) groups is 1. The van der Waals surface area contributed by atoms with Crippen LogP contribution in [0.4, 0.5) is 10.1 Å². The third kappa shape index (κ3) is 5.42. The Morgan fingerprint density at radius 2 is 1.88 bits per heavy atom. The maximum Gasteiger partial charge on any atom is 0.280 e. The summed E-state index contributed by atoms with van der Waals surface area (Å²) >= 11 is 12.6. The smallest absolute Gasteiger partial charge is 0.280 e. The highest BCUT2D eigenvalue weighted by atomic mass is 35.5. The molecule has 0 bridgehead atoms. The lowest BCUT2D eigenvalue weighted by molar-refractivity contribution is 0.0613. The molecule has 3 aromatic rings. The number of benzene rings is 2. The van der Waals surface area contributed by atoms with Gasteiger partial charge in [-0.1, -0.05) is 55.3 Å². The lowest BCUT2D eigenvalue weighted by Crippen LogP contribution is -2.32. The van der Waals surface area contributed by atoms with Crippen molar-refractivity contribution >= 4 is 40.5 Å². The predicted molar refractivity (Wildman–Crippen MR) is 158 cm³/mol. The zero-order chi connectivity index (χ0) is 29.3. The van der Waals surface area contributed by atoms with Gasteiger partial charge >= 0.3 is 0 Å². The molecule has 0 radical (unpaired) electrons. The molecular weight excluding hydrogens is 568 g/mol. The van der Waals surface area contributed by atoms with Gasteiger partial charge in [0, 0.05) is 17.7 Å². The van der Waals surface area contributed by atoms with Crippen LogP contribution in [0.2, 0.25) is 10.0 Å². The number of carbonyl (C=O) groups excluding carboxylic acids is 1. The van der Waals surface area contributed by atoms with Gasteiger partial charge in [-0.3, -0.25) is 9.69 Å². The number of fused-ring (bicyclic) bond motifs is 1. The maximum absolute atomic E-state index is 15.6. The van der Waals surface area contributed by atoms with E-state index >= 15 is 4.39 Å². The molecule has 2 heterocycles. The summed E-state index contributed by atoms with van der Waals surface area (Å²) in [5.74, 6) is -0.449. The summed E-state index contributed by atoms with van der Waals surface area (Å²) in [5.41, 5.74) is 4.15. The minimum Gasteiger partial charge on any atom is -0.495 e. The van der Waals surface area contributed by atoms with Crippen molar-refractivity contribution in [1.29, 1.82) is 0 Å². The van der Waals surface area contributed by atoms with Crippen LogP contribution >= 0.6 is 23.2 Å². The molecule has 5 rings (SSSR count). The third-order valence-corrected chi connectivity index (χ3v) is 7.80. The molecule has 216 valence electrons. The fraction of sp³-hybridized carbons (Fsp3) is 0.355. The Morgan fingerprint density at radius 1 is 1.10 bits per heavy atom. The van der Waals surface area contributed by atoms with Gasteiger partial charge in [0.05, 0.1) is 49.4 Å². The summed E-state index contributed by atoms with van der Waals surface area (Å²) in [7, 11) is 3.23. The van der Waals surface area contributed by atoms with Crippen molar-refractivity contribution in [1.82, 2.24) is 9.78 Å². The second kappa shape index (κ2) is 12.4. The first-order valence-corrected chi connectivity index (χ1v) is 14.2. The largest absolute Gasteiger partial charge is 0.495 e. The van der Waals surface area contributed by atoms with Crippen molar-refractivity contribution in [2.24, 2.45) is 0 Å². The van der Waals surface area contributed by atoms with Crippen LogP contribution in [0.1, 0.15) is 71.5 Å². The van der Waals surface area contributed by atoms with Crippen molar-refractivity contribution in [2.75, 3.05) is 32.3 Å². The Bertz CT molecular complexity index is 1530. The Kier molecular flexibility index (Phi) is 8.85. The number of allylic oxidation sites excluding steroid dienone is 3. The molecule has 1 atom stereocenters. The molecule has 0 spiro atoms. The van der Waals surface area contributed by atoms with Gasteiger partial charge in [0.15, 0.2) is 11.5 Å². The highest BCUT2D eigenvalue weighted by Gasteiger charge is 2.46. The standard InChI is InChI=1S/C31H32Cl2FN3O4/c1-18(2)29-26-28(35-37(29)23-9-5-6-11-25(23)40-4)31(38)36(24-10-7-8-22(33)27(24)34)30(26)21-13-12-20(32)16-19(21)17-41-15-14-39-3/h7-13,16,18,30H,5-6,14-15,17H2,1-4H3. The fourth-order valence-electron chi connectivity index (χ4n) is 5.50. The van der Waals surface area contributed by atoms with Crippen molar-refractivity contribution in [2.45, 2.75) is 45.3 Å². The molecule has 0 saturated carbocycles. The van der Waals surface area contributed by atoms with E-state index in [9.17, 15) is 4.79 Å². The predicted octanol–water partition coefficient (Wildman–Crippen LogP) is 7.53. The summed E-state index contributed by atoms with van der Waals surface area (Å²) in [4.78, 5) is 15.7. The number of rotatable bonds is 10. The minimum atomic E-state index is -0.714. The number of hydrogen-bond donors (Lipinski definition) is 0. The Labute approximate surface area is 249 Å². The van der Waals surface area contributed by atoms with E-state index in [0.717, 1.165) is 35.4 Å². The van der Waals surface area contributed by atoms with E-state index < -0.39 is 17.8 Å². The van der Waals surface area contributed by atoms with Crippen molar-refractivity contribution in [3.8, 4) is 0 Å². The van der Waals surface area contributed by atoms with Gasteiger partial charge < -0.3 is 14.2 Å². The topological polar surface area (TPSA) is 65.8 Å². The molecule has 41 heavy (non-hydrogen) atoms. The zero-order valence-corrected chi connectivity index (χ0v) is 24.9. The van der Waals surface area contributed by atoms with Gasteiger partial charge in [0.2, 0.25) is 0 Å². The van der Waals surface area contributed by atoms with Crippen LogP contribution in [0.25, 0.3) is 5.70 Å². The second-order valence-electron chi connectivity index (χ2n) is 10.2. The Morgan fingerprint density at radius 3 is 2.61 bits per heavy atom. The Balaban J connectivity index is 1.75. The third-order valence-electron chi connectivity index (χ3n) is 7.27. The fourth-order valence-corrected chi connectivity index (χ4v) is 5.86.